The average molecular weight is 379 g/mol. The zero-order valence-corrected chi connectivity index (χ0v) is 16.6. The molecular formula is C20H25N7O. The maximum atomic E-state index is 5.49. The van der Waals surface area contributed by atoms with Crippen molar-refractivity contribution < 1.29 is 4.74 Å². The number of nitrogens with zero attached hydrogens (tertiary/aromatic N) is 7. The second-order valence-corrected chi connectivity index (χ2v) is 7.79. The first-order valence-electron chi connectivity index (χ1n) is 9.85. The summed E-state index contributed by atoms with van der Waals surface area (Å²) in [5, 5.41) is 13.0. The van der Waals surface area contributed by atoms with Gasteiger partial charge in [0.2, 0.25) is 0 Å². The molecule has 8 nitrogen and oxygen atoms in total. The first-order valence-corrected chi connectivity index (χ1v) is 9.85. The quantitative estimate of drug-likeness (QED) is 0.675. The van der Waals surface area contributed by atoms with E-state index in [2.05, 4.69) is 46.8 Å². The number of hydrogen-bond acceptors (Lipinski definition) is 7. The van der Waals surface area contributed by atoms with Gasteiger partial charge in [-0.15, -0.1) is 15.3 Å². The van der Waals surface area contributed by atoms with E-state index in [0.717, 1.165) is 62.0 Å². The van der Waals surface area contributed by atoms with Crippen LogP contribution >= 0.6 is 0 Å². The minimum absolute atomic E-state index is 0.348. The largest absolute Gasteiger partial charge is 0.378 e. The van der Waals surface area contributed by atoms with Crippen molar-refractivity contribution in [3.63, 3.8) is 0 Å². The SMILES string of the molecule is Cc1c(N2Cc3cc(N4CCOCC4)cnc3C(C)C2)nn2cnnc2c1C. The van der Waals surface area contributed by atoms with E-state index >= 15 is 0 Å². The summed E-state index contributed by atoms with van der Waals surface area (Å²) < 4.78 is 7.27. The molecule has 0 amide bonds. The van der Waals surface area contributed by atoms with E-state index in [4.69, 9.17) is 14.8 Å². The van der Waals surface area contributed by atoms with Gasteiger partial charge in [0.1, 0.15) is 6.33 Å². The maximum Gasteiger partial charge on any atom is 0.180 e. The average Bonchev–Trinajstić information content (AvgIpc) is 3.20. The Hall–Kier alpha value is -2.74. The fourth-order valence-electron chi connectivity index (χ4n) is 4.28. The van der Waals surface area contributed by atoms with Crippen LogP contribution in [-0.4, -0.2) is 57.6 Å². The fraction of sp³-hybridized carbons (Fsp3) is 0.500. The van der Waals surface area contributed by atoms with Gasteiger partial charge in [-0.2, -0.15) is 4.52 Å². The smallest absolute Gasteiger partial charge is 0.180 e. The number of aryl methyl sites for hydroxylation is 1. The van der Waals surface area contributed by atoms with Gasteiger partial charge in [0, 0.05) is 43.2 Å². The highest BCUT2D eigenvalue weighted by Gasteiger charge is 2.27. The summed E-state index contributed by atoms with van der Waals surface area (Å²) in [6.45, 7) is 11.6. The molecule has 28 heavy (non-hydrogen) atoms. The lowest BCUT2D eigenvalue weighted by molar-refractivity contribution is 0.122. The second-order valence-electron chi connectivity index (χ2n) is 7.79. The van der Waals surface area contributed by atoms with Crippen LogP contribution in [-0.2, 0) is 11.3 Å². The van der Waals surface area contributed by atoms with E-state index < -0.39 is 0 Å². The lowest BCUT2D eigenvalue weighted by Gasteiger charge is -2.35. The molecule has 0 aromatic carbocycles. The van der Waals surface area contributed by atoms with Crippen LogP contribution in [0.5, 0.6) is 0 Å². The monoisotopic (exact) mass is 379 g/mol. The van der Waals surface area contributed by atoms with Crippen LogP contribution in [0.3, 0.4) is 0 Å². The zero-order chi connectivity index (χ0) is 19.3. The normalized spacial score (nSPS) is 19.9. The van der Waals surface area contributed by atoms with E-state index in [1.54, 1.807) is 10.8 Å². The van der Waals surface area contributed by atoms with E-state index in [1.807, 2.05) is 6.20 Å². The van der Waals surface area contributed by atoms with Crippen LogP contribution in [0.25, 0.3) is 5.65 Å². The molecule has 0 radical (unpaired) electrons. The highest BCUT2D eigenvalue weighted by Crippen LogP contribution is 2.33. The lowest BCUT2D eigenvalue weighted by atomic mass is 9.95. The van der Waals surface area contributed by atoms with Crippen LogP contribution in [0, 0.1) is 13.8 Å². The molecule has 146 valence electrons. The third kappa shape index (κ3) is 2.79. The molecule has 0 bridgehead atoms. The Balaban J connectivity index is 1.51. The molecule has 1 atom stereocenters. The first-order chi connectivity index (χ1) is 13.6. The highest BCUT2D eigenvalue weighted by atomic mass is 16.5. The number of hydrogen-bond donors (Lipinski definition) is 0. The van der Waals surface area contributed by atoms with Crippen molar-refractivity contribution >= 4 is 17.2 Å². The Labute approximate surface area is 164 Å². The number of pyridine rings is 1. The van der Waals surface area contributed by atoms with Gasteiger partial charge < -0.3 is 14.5 Å². The Kier molecular flexibility index (Phi) is 4.16. The molecule has 5 rings (SSSR count). The van der Waals surface area contributed by atoms with E-state index in [1.165, 1.54) is 16.9 Å². The number of ether oxygens (including phenoxy) is 1. The van der Waals surface area contributed by atoms with Gasteiger partial charge in [-0.3, -0.25) is 4.98 Å². The Bertz CT molecular complexity index is 1020. The van der Waals surface area contributed by atoms with Gasteiger partial charge in [-0.25, -0.2) is 0 Å². The first kappa shape index (κ1) is 17.4. The number of aromatic nitrogens is 5. The zero-order valence-electron chi connectivity index (χ0n) is 16.6. The number of rotatable bonds is 2. The molecular weight excluding hydrogens is 354 g/mol. The predicted octanol–water partition coefficient (Wildman–Crippen LogP) is 2.10. The topological polar surface area (TPSA) is 71.7 Å². The molecule has 0 saturated carbocycles. The standard InChI is InChI=1S/C20H25N7O/c1-13-10-26(20-15(3)14(2)19-23-22-12-27(19)24-20)11-16-8-17(9-21-18(13)16)25-4-6-28-7-5-25/h8-9,12-13H,4-7,10-11H2,1-3H3. The summed E-state index contributed by atoms with van der Waals surface area (Å²) in [6.07, 6.45) is 3.69. The van der Waals surface area contributed by atoms with E-state index in [0.29, 0.717) is 5.92 Å². The number of fused-ring (bicyclic) bond motifs is 2. The van der Waals surface area contributed by atoms with E-state index in [9.17, 15) is 0 Å². The summed E-state index contributed by atoms with van der Waals surface area (Å²) >= 11 is 0. The number of morpholine rings is 1. The van der Waals surface area contributed by atoms with Crippen molar-refractivity contribution in [3.8, 4) is 0 Å². The minimum Gasteiger partial charge on any atom is -0.378 e. The molecule has 0 aliphatic carbocycles. The molecule has 0 spiro atoms. The van der Waals surface area contributed by atoms with Gasteiger partial charge >= 0.3 is 0 Å². The molecule has 3 aromatic heterocycles. The van der Waals surface area contributed by atoms with Crippen molar-refractivity contribution in [1.82, 2.24) is 24.8 Å². The summed E-state index contributed by atoms with van der Waals surface area (Å²) in [7, 11) is 0. The third-order valence-electron chi connectivity index (χ3n) is 5.95. The van der Waals surface area contributed by atoms with Crippen molar-refractivity contribution in [2.24, 2.45) is 0 Å². The molecule has 2 aliphatic heterocycles. The predicted molar refractivity (Wildman–Crippen MR) is 107 cm³/mol. The lowest BCUT2D eigenvalue weighted by Crippen LogP contribution is -2.37. The van der Waals surface area contributed by atoms with Gasteiger partial charge in [-0.1, -0.05) is 6.92 Å². The van der Waals surface area contributed by atoms with Crippen molar-refractivity contribution in [2.75, 3.05) is 42.6 Å². The highest BCUT2D eigenvalue weighted by molar-refractivity contribution is 5.60. The molecule has 3 aromatic rings. The summed E-state index contributed by atoms with van der Waals surface area (Å²) in [6, 6.07) is 2.30. The molecule has 2 aliphatic rings. The number of anilines is 2. The van der Waals surface area contributed by atoms with Crippen molar-refractivity contribution in [3.05, 3.63) is 41.0 Å². The van der Waals surface area contributed by atoms with Gasteiger partial charge in [0.25, 0.3) is 0 Å². The molecule has 1 saturated heterocycles. The third-order valence-corrected chi connectivity index (χ3v) is 5.95. The van der Waals surface area contributed by atoms with Crippen molar-refractivity contribution in [1.29, 1.82) is 0 Å². The van der Waals surface area contributed by atoms with Crippen LogP contribution in [0.4, 0.5) is 11.5 Å². The van der Waals surface area contributed by atoms with Crippen LogP contribution in [0.1, 0.15) is 35.2 Å². The molecule has 8 heteroatoms. The van der Waals surface area contributed by atoms with Gasteiger partial charge in [0.05, 0.1) is 30.8 Å². The summed E-state index contributed by atoms with van der Waals surface area (Å²) in [5.41, 5.74) is 6.78. The van der Waals surface area contributed by atoms with E-state index in [-0.39, 0.29) is 0 Å². The molecule has 5 heterocycles. The Morgan fingerprint density at radius 2 is 1.93 bits per heavy atom. The molecule has 1 fully saturated rings. The minimum atomic E-state index is 0.348. The fourth-order valence-corrected chi connectivity index (χ4v) is 4.28. The maximum absolute atomic E-state index is 5.49. The van der Waals surface area contributed by atoms with Gasteiger partial charge in [-0.05, 0) is 25.5 Å². The second kappa shape index (κ2) is 6.70. The van der Waals surface area contributed by atoms with Gasteiger partial charge in [0.15, 0.2) is 11.5 Å². The summed E-state index contributed by atoms with van der Waals surface area (Å²) in [4.78, 5) is 9.55. The van der Waals surface area contributed by atoms with Crippen molar-refractivity contribution in [2.45, 2.75) is 33.2 Å². The molecule has 1 unspecified atom stereocenters. The summed E-state index contributed by atoms with van der Waals surface area (Å²) in [5.74, 6) is 1.35. The van der Waals surface area contributed by atoms with Crippen LogP contribution in [0.15, 0.2) is 18.6 Å². The van der Waals surface area contributed by atoms with Crippen LogP contribution in [0.2, 0.25) is 0 Å². The van der Waals surface area contributed by atoms with Crippen LogP contribution < -0.4 is 9.80 Å². The Morgan fingerprint density at radius 3 is 2.75 bits per heavy atom. The Morgan fingerprint density at radius 1 is 1.11 bits per heavy atom. The molecule has 0 N–H and O–H groups in total.